The third-order valence-electron chi connectivity index (χ3n) is 2.59. The van der Waals surface area contributed by atoms with Crippen LogP contribution in [-0.4, -0.2) is 18.6 Å². The highest BCUT2D eigenvalue weighted by molar-refractivity contribution is 5.49. The highest BCUT2D eigenvalue weighted by atomic mass is 19.4. The molecule has 0 fully saturated rings. The van der Waals surface area contributed by atoms with E-state index in [1.165, 1.54) is 0 Å². The fraction of sp³-hybridized carbons (Fsp3) is 0.615. The van der Waals surface area contributed by atoms with Crippen LogP contribution in [0.15, 0.2) is 12.1 Å². The van der Waals surface area contributed by atoms with Gasteiger partial charge in [-0.15, -0.1) is 0 Å². The van der Waals surface area contributed by atoms with E-state index in [-0.39, 0.29) is 17.1 Å². The Kier molecular flexibility index (Phi) is 4.66. The van der Waals surface area contributed by atoms with Crippen LogP contribution in [0.1, 0.15) is 32.8 Å². The first-order chi connectivity index (χ1) is 8.62. The fourth-order valence-electron chi connectivity index (χ4n) is 1.48. The molecule has 0 amide bonds. The van der Waals surface area contributed by atoms with Crippen molar-refractivity contribution in [3.05, 3.63) is 17.7 Å². The van der Waals surface area contributed by atoms with Crippen molar-refractivity contribution in [2.75, 3.05) is 24.2 Å². The molecule has 1 heterocycles. The molecule has 1 rings (SSSR count). The molecule has 0 aliphatic heterocycles. The van der Waals surface area contributed by atoms with Crippen LogP contribution in [0.2, 0.25) is 0 Å². The van der Waals surface area contributed by atoms with Gasteiger partial charge in [0.1, 0.15) is 11.6 Å². The molecule has 0 saturated carbocycles. The maximum absolute atomic E-state index is 12.7. The summed E-state index contributed by atoms with van der Waals surface area (Å²) in [6.45, 7) is 6.81. The van der Waals surface area contributed by atoms with E-state index in [4.69, 9.17) is 0 Å². The van der Waals surface area contributed by atoms with Crippen molar-refractivity contribution in [3.63, 3.8) is 0 Å². The first-order valence-electron chi connectivity index (χ1n) is 6.13. The summed E-state index contributed by atoms with van der Waals surface area (Å²) >= 11 is 0. The van der Waals surface area contributed by atoms with E-state index >= 15 is 0 Å². The Morgan fingerprint density at radius 3 is 2.16 bits per heavy atom. The Hall–Kier alpha value is -1.46. The van der Waals surface area contributed by atoms with Gasteiger partial charge in [0, 0.05) is 13.6 Å². The second-order valence-electron chi connectivity index (χ2n) is 5.61. The molecule has 6 heteroatoms. The Morgan fingerprint density at radius 1 is 1.11 bits per heavy atom. The predicted octanol–water partition coefficient (Wildman–Crippen LogP) is 3.99. The van der Waals surface area contributed by atoms with Gasteiger partial charge < -0.3 is 10.6 Å². The molecule has 0 saturated heterocycles. The maximum atomic E-state index is 12.7. The molecule has 0 unspecified atom stereocenters. The zero-order valence-electron chi connectivity index (χ0n) is 11.7. The van der Waals surface area contributed by atoms with Gasteiger partial charge in [-0.25, -0.2) is 4.98 Å². The minimum Gasteiger partial charge on any atom is -0.373 e. The van der Waals surface area contributed by atoms with Crippen LogP contribution in [0.4, 0.5) is 24.8 Å². The topological polar surface area (TPSA) is 37.0 Å². The molecule has 108 valence electrons. The molecule has 19 heavy (non-hydrogen) atoms. The van der Waals surface area contributed by atoms with Crippen LogP contribution < -0.4 is 10.6 Å². The maximum Gasteiger partial charge on any atom is 0.416 e. The Labute approximate surface area is 111 Å². The zero-order valence-corrected chi connectivity index (χ0v) is 11.7. The number of halogens is 3. The number of pyridine rings is 1. The molecule has 0 aliphatic rings. The SMILES string of the molecule is CNc1cc(C(F)(F)F)cc(NCCC(C)(C)C)n1. The standard InChI is InChI=1S/C13H20F3N3/c1-12(2,3)5-6-18-11-8-9(13(14,15)16)7-10(17-4)19-11/h7-8H,5-6H2,1-4H3,(H2,17,18,19). The first kappa shape index (κ1) is 15.6. The van der Waals surface area contributed by atoms with Crippen LogP contribution in [0.25, 0.3) is 0 Å². The summed E-state index contributed by atoms with van der Waals surface area (Å²) in [5, 5.41) is 5.57. The third kappa shape index (κ3) is 5.36. The zero-order chi connectivity index (χ0) is 14.7. The van der Waals surface area contributed by atoms with Crippen LogP contribution in [-0.2, 0) is 6.18 Å². The molecule has 0 radical (unpaired) electrons. The van der Waals surface area contributed by atoms with Crippen molar-refractivity contribution in [2.24, 2.45) is 5.41 Å². The lowest BCUT2D eigenvalue weighted by molar-refractivity contribution is -0.137. The molecule has 0 bridgehead atoms. The smallest absolute Gasteiger partial charge is 0.373 e. The summed E-state index contributed by atoms with van der Waals surface area (Å²) in [5.74, 6) is 0.441. The monoisotopic (exact) mass is 275 g/mol. The lowest BCUT2D eigenvalue weighted by Gasteiger charge is -2.19. The molecular weight excluding hydrogens is 255 g/mol. The summed E-state index contributed by atoms with van der Waals surface area (Å²) in [5.41, 5.74) is -0.578. The summed E-state index contributed by atoms with van der Waals surface area (Å²) < 4.78 is 38.1. The predicted molar refractivity (Wildman–Crippen MR) is 71.3 cm³/mol. The van der Waals surface area contributed by atoms with Gasteiger partial charge in [0.15, 0.2) is 0 Å². The lowest BCUT2D eigenvalue weighted by Crippen LogP contribution is -2.15. The number of nitrogens with zero attached hydrogens (tertiary/aromatic N) is 1. The van der Waals surface area contributed by atoms with Gasteiger partial charge in [-0.1, -0.05) is 20.8 Å². The van der Waals surface area contributed by atoms with Crippen molar-refractivity contribution < 1.29 is 13.2 Å². The van der Waals surface area contributed by atoms with Crippen LogP contribution in [0.5, 0.6) is 0 Å². The van der Waals surface area contributed by atoms with Crippen molar-refractivity contribution in [1.29, 1.82) is 0 Å². The van der Waals surface area contributed by atoms with E-state index < -0.39 is 11.7 Å². The Bertz CT molecular complexity index is 422. The van der Waals surface area contributed by atoms with Crippen LogP contribution >= 0.6 is 0 Å². The second kappa shape index (κ2) is 5.67. The van der Waals surface area contributed by atoms with Crippen molar-refractivity contribution in [2.45, 2.75) is 33.4 Å². The van der Waals surface area contributed by atoms with Gasteiger partial charge in [0.25, 0.3) is 0 Å². The molecule has 1 aromatic rings. The summed E-state index contributed by atoms with van der Waals surface area (Å²) in [7, 11) is 1.54. The molecule has 0 aromatic carbocycles. The van der Waals surface area contributed by atoms with E-state index in [9.17, 15) is 13.2 Å². The Morgan fingerprint density at radius 2 is 1.68 bits per heavy atom. The number of hydrogen-bond acceptors (Lipinski definition) is 3. The molecular formula is C13H20F3N3. The van der Waals surface area contributed by atoms with Gasteiger partial charge in [0.2, 0.25) is 0 Å². The average molecular weight is 275 g/mol. The van der Waals surface area contributed by atoms with Crippen molar-refractivity contribution >= 4 is 11.6 Å². The first-order valence-corrected chi connectivity index (χ1v) is 6.13. The van der Waals surface area contributed by atoms with E-state index in [0.29, 0.717) is 6.54 Å². The number of alkyl halides is 3. The molecule has 0 spiro atoms. The minimum absolute atomic E-state index is 0.125. The highest BCUT2D eigenvalue weighted by Gasteiger charge is 2.31. The molecule has 1 aromatic heterocycles. The lowest BCUT2D eigenvalue weighted by atomic mass is 9.92. The van der Waals surface area contributed by atoms with Gasteiger partial charge in [-0.3, -0.25) is 0 Å². The number of aromatic nitrogens is 1. The van der Waals surface area contributed by atoms with Gasteiger partial charge in [0.05, 0.1) is 5.56 Å². The number of hydrogen-bond donors (Lipinski definition) is 2. The van der Waals surface area contributed by atoms with Gasteiger partial charge in [-0.2, -0.15) is 13.2 Å². The van der Waals surface area contributed by atoms with E-state index in [0.717, 1.165) is 18.6 Å². The van der Waals surface area contributed by atoms with Gasteiger partial charge in [-0.05, 0) is 24.0 Å². The molecule has 0 aliphatic carbocycles. The normalized spacial score (nSPS) is 12.4. The summed E-state index contributed by atoms with van der Waals surface area (Å²) in [6, 6.07) is 2.03. The highest BCUT2D eigenvalue weighted by Crippen LogP contribution is 2.32. The quantitative estimate of drug-likeness (QED) is 0.872. The summed E-state index contributed by atoms with van der Waals surface area (Å²) in [4.78, 5) is 4.06. The van der Waals surface area contributed by atoms with E-state index in [1.54, 1.807) is 7.05 Å². The van der Waals surface area contributed by atoms with E-state index in [1.807, 2.05) is 0 Å². The minimum atomic E-state index is -4.37. The largest absolute Gasteiger partial charge is 0.416 e. The second-order valence-corrected chi connectivity index (χ2v) is 5.61. The third-order valence-corrected chi connectivity index (χ3v) is 2.59. The number of rotatable bonds is 4. The number of anilines is 2. The molecule has 0 atom stereocenters. The number of nitrogens with one attached hydrogen (secondary N) is 2. The van der Waals surface area contributed by atoms with Gasteiger partial charge >= 0.3 is 6.18 Å². The van der Waals surface area contributed by atoms with Crippen LogP contribution in [0, 0.1) is 5.41 Å². The van der Waals surface area contributed by atoms with Crippen molar-refractivity contribution in [1.82, 2.24) is 4.98 Å². The fourth-order valence-corrected chi connectivity index (χ4v) is 1.48. The van der Waals surface area contributed by atoms with E-state index in [2.05, 4.69) is 36.4 Å². The molecule has 2 N–H and O–H groups in total. The van der Waals surface area contributed by atoms with Crippen molar-refractivity contribution in [3.8, 4) is 0 Å². The van der Waals surface area contributed by atoms with Crippen LogP contribution in [0.3, 0.4) is 0 Å². The summed E-state index contributed by atoms with van der Waals surface area (Å²) in [6.07, 6.45) is -3.52. The Balaban J connectivity index is 2.83. The molecule has 3 nitrogen and oxygen atoms in total. The average Bonchev–Trinajstić information content (AvgIpc) is 2.25.